The summed E-state index contributed by atoms with van der Waals surface area (Å²) in [5.74, 6) is -0.601. The van der Waals surface area contributed by atoms with Crippen LogP contribution >= 0.6 is 0 Å². The second-order valence-electron chi connectivity index (χ2n) is 4.36. The number of carboxylic acids is 1. The number of aliphatic carboxylic acids is 1. The van der Waals surface area contributed by atoms with Crippen molar-refractivity contribution in [2.24, 2.45) is 13.0 Å². The predicted octanol–water partition coefficient (Wildman–Crippen LogP) is -0.000380. The summed E-state index contributed by atoms with van der Waals surface area (Å²) in [6.07, 6.45) is 0.596. The Hall–Kier alpha value is -1.85. The molecule has 0 amide bonds. The summed E-state index contributed by atoms with van der Waals surface area (Å²) in [4.78, 5) is 28.7. The summed E-state index contributed by atoms with van der Waals surface area (Å²) in [5, 5.41) is 8.94. The average Bonchev–Trinajstić information content (AvgIpc) is 2.72. The Labute approximate surface area is 98.5 Å². The zero-order chi connectivity index (χ0) is 12.6. The maximum atomic E-state index is 11.6. The molecule has 0 bridgehead atoms. The van der Waals surface area contributed by atoms with Gasteiger partial charge in [0.2, 0.25) is 5.95 Å². The van der Waals surface area contributed by atoms with Gasteiger partial charge in [0.1, 0.15) is 0 Å². The first kappa shape index (κ1) is 11.6. The van der Waals surface area contributed by atoms with E-state index in [9.17, 15) is 9.59 Å². The molecule has 17 heavy (non-hydrogen) atoms. The Balaban J connectivity index is 2.30. The molecule has 1 aromatic heterocycles. The lowest BCUT2D eigenvalue weighted by atomic mass is 10.1. The lowest BCUT2D eigenvalue weighted by Gasteiger charge is -2.19. The van der Waals surface area contributed by atoms with Gasteiger partial charge in [0.05, 0.1) is 5.92 Å². The maximum absolute atomic E-state index is 11.6. The Morgan fingerprint density at radius 1 is 1.59 bits per heavy atom. The van der Waals surface area contributed by atoms with Gasteiger partial charge >= 0.3 is 5.97 Å². The quantitative estimate of drug-likeness (QED) is 0.783. The smallest absolute Gasteiger partial charge is 0.308 e. The molecule has 0 spiro atoms. The molecule has 1 fully saturated rings. The van der Waals surface area contributed by atoms with Gasteiger partial charge in [-0.05, 0) is 13.3 Å². The van der Waals surface area contributed by atoms with Crippen LogP contribution in [0.2, 0.25) is 0 Å². The minimum absolute atomic E-state index is 0.119. The lowest BCUT2D eigenvalue weighted by Crippen LogP contribution is -2.31. The standard InChI is InChI=1S/C11H15N3O3/c1-7-5-9(15)13(2)11(12-7)14-4-3-8(6-14)10(16)17/h5,8H,3-4,6H2,1-2H3,(H,16,17)/t8-/m1/s1. The van der Waals surface area contributed by atoms with E-state index in [1.807, 2.05) is 4.90 Å². The van der Waals surface area contributed by atoms with Crippen LogP contribution in [-0.4, -0.2) is 33.7 Å². The third-order valence-electron chi connectivity index (χ3n) is 3.06. The first-order valence-electron chi connectivity index (χ1n) is 5.51. The summed E-state index contributed by atoms with van der Waals surface area (Å²) in [6, 6.07) is 1.47. The molecular weight excluding hydrogens is 222 g/mol. The fourth-order valence-electron chi connectivity index (χ4n) is 2.07. The van der Waals surface area contributed by atoms with Crippen LogP contribution in [0.4, 0.5) is 5.95 Å². The molecular formula is C11H15N3O3. The average molecular weight is 237 g/mol. The van der Waals surface area contributed by atoms with Crippen molar-refractivity contribution < 1.29 is 9.90 Å². The molecule has 2 heterocycles. The van der Waals surface area contributed by atoms with Crippen LogP contribution < -0.4 is 10.5 Å². The van der Waals surface area contributed by atoms with E-state index in [-0.39, 0.29) is 11.5 Å². The highest BCUT2D eigenvalue weighted by atomic mass is 16.4. The van der Waals surface area contributed by atoms with Crippen molar-refractivity contribution in [3.05, 3.63) is 22.1 Å². The van der Waals surface area contributed by atoms with E-state index in [0.29, 0.717) is 31.2 Å². The third kappa shape index (κ3) is 2.15. The van der Waals surface area contributed by atoms with Gasteiger partial charge in [0.25, 0.3) is 5.56 Å². The van der Waals surface area contributed by atoms with Crippen molar-refractivity contribution in [3.63, 3.8) is 0 Å². The van der Waals surface area contributed by atoms with Crippen LogP contribution in [0.3, 0.4) is 0 Å². The minimum atomic E-state index is -0.787. The molecule has 0 radical (unpaired) electrons. The number of aromatic nitrogens is 2. The predicted molar refractivity (Wildman–Crippen MR) is 62.2 cm³/mol. The van der Waals surface area contributed by atoms with Gasteiger partial charge < -0.3 is 10.0 Å². The number of rotatable bonds is 2. The van der Waals surface area contributed by atoms with Gasteiger partial charge in [-0.25, -0.2) is 4.98 Å². The van der Waals surface area contributed by atoms with Crippen LogP contribution in [0.5, 0.6) is 0 Å². The topological polar surface area (TPSA) is 75.4 Å². The summed E-state index contributed by atoms with van der Waals surface area (Å²) < 4.78 is 1.46. The number of hydrogen-bond acceptors (Lipinski definition) is 4. The van der Waals surface area contributed by atoms with Crippen molar-refractivity contribution in [2.45, 2.75) is 13.3 Å². The molecule has 0 aromatic carbocycles. The van der Waals surface area contributed by atoms with Crippen LogP contribution in [0.15, 0.2) is 10.9 Å². The van der Waals surface area contributed by atoms with Gasteiger partial charge in [-0.1, -0.05) is 0 Å². The maximum Gasteiger partial charge on any atom is 0.308 e. The van der Waals surface area contributed by atoms with E-state index in [1.165, 1.54) is 10.6 Å². The van der Waals surface area contributed by atoms with E-state index in [1.54, 1.807) is 14.0 Å². The summed E-state index contributed by atoms with van der Waals surface area (Å²) >= 11 is 0. The number of hydrogen-bond donors (Lipinski definition) is 1. The largest absolute Gasteiger partial charge is 0.481 e. The fourth-order valence-corrected chi connectivity index (χ4v) is 2.07. The molecule has 1 atom stereocenters. The highest BCUT2D eigenvalue weighted by Gasteiger charge is 2.29. The van der Waals surface area contributed by atoms with Gasteiger partial charge in [-0.3, -0.25) is 14.2 Å². The van der Waals surface area contributed by atoms with Crippen LogP contribution in [-0.2, 0) is 11.8 Å². The molecule has 2 rings (SSSR count). The van der Waals surface area contributed by atoms with Crippen molar-refractivity contribution in [1.29, 1.82) is 0 Å². The Morgan fingerprint density at radius 3 is 2.88 bits per heavy atom. The molecule has 1 saturated heterocycles. The molecule has 6 heteroatoms. The molecule has 0 aliphatic carbocycles. The molecule has 92 valence electrons. The zero-order valence-electron chi connectivity index (χ0n) is 9.88. The first-order chi connectivity index (χ1) is 7.99. The van der Waals surface area contributed by atoms with E-state index in [4.69, 9.17) is 5.11 Å². The molecule has 1 aromatic rings. The molecule has 6 nitrogen and oxygen atoms in total. The lowest BCUT2D eigenvalue weighted by molar-refractivity contribution is -0.140. The number of nitrogens with zero attached hydrogens (tertiary/aromatic N) is 3. The Kier molecular flexibility index (Phi) is 2.87. The summed E-state index contributed by atoms with van der Waals surface area (Å²) in [7, 11) is 1.65. The Bertz CT molecular complexity index is 509. The highest BCUT2D eigenvalue weighted by molar-refractivity contribution is 5.71. The van der Waals surface area contributed by atoms with E-state index < -0.39 is 5.97 Å². The van der Waals surface area contributed by atoms with Gasteiger partial charge in [-0.15, -0.1) is 0 Å². The monoisotopic (exact) mass is 237 g/mol. The number of anilines is 1. The third-order valence-corrected chi connectivity index (χ3v) is 3.06. The van der Waals surface area contributed by atoms with Crippen LogP contribution in [0, 0.1) is 12.8 Å². The number of aryl methyl sites for hydroxylation is 1. The molecule has 0 saturated carbocycles. The first-order valence-corrected chi connectivity index (χ1v) is 5.51. The van der Waals surface area contributed by atoms with E-state index >= 15 is 0 Å². The van der Waals surface area contributed by atoms with E-state index in [2.05, 4.69) is 4.98 Å². The van der Waals surface area contributed by atoms with E-state index in [0.717, 1.165) is 0 Å². The molecule has 1 aliphatic heterocycles. The van der Waals surface area contributed by atoms with Crippen LogP contribution in [0.1, 0.15) is 12.1 Å². The van der Waals surface area contributed by atoms with Gasteiger partial charge in [0, 0.05) is 31.9 Å². The highest BCUT2D eigenvalue weighted by Crippen LogP contribution is 2.21. The molecule has 1 N–H and O–H groups in total. The van der Waals surface area contributed by atoms with Gasteiger partial charge in [0.15, 0.2) is 0 Å². The summed E-state index contributed by atoms with van der Waals surface area (Å²) in [6.45, 7) is 2.80. The zero-order valence-corrected chi connectivity index (χ0v) is 9.88. The fraction of sp³-hybridized carbons (Fsp3) is 0.545. The van der Waals surface area contributed by atoms with Gasteiger partial charge in [-0.2, -0.15) is 0 Å². The SMILES string of the molecule is Cc1cc(=O)n(C)c(N2CC[C@@H](C(=O)O)C2)n1. The Morgan fingerprint density at radius 2 is 2.29 bits per heavy atom. The normalized spacial score (nSPS) is 19.6. The minimum Gasteiger partial charge on any atom is -0.481 e. The molecule has 1 aliphatic rings. The van der Waals surface area contributed by atoms with Crippen molar-refractivity contribution in [3.8, 4) is 0 Å². The number of carboxylic acid groups (broad SMARTS) is 1. The molecule has 0 unspecified atom stereocenters. The van der Waals surface area contributed by atoms with Crippen molar-refractivity contribution in [1.82, 2.24) is 9.55 Å². The van der Waals surface area contributed by atoms with Crippen molar-refractivity contribution in [2.75, 3.05) is 18.0 Å². The summed E-state index contributed by atoms with van der Waals surface area (Å²) in [5.41, 5.74) is 0.535. The second-order valence-corrected chi connectivity index (χ2v) is 4.36. The number of carbonyl (C=O) groups is 1. The van der Waals surface area contributed by atoms with Crippen LogP contribution in [0.25, 0.3) is 0 Å². The van der Waals surface area contributed by atoms with Crippen molar-refractivity contribution >= 4 is 11.9 Å². The second kappa shape index (κ2) is 4.20.